The molecule has 92 valence electrons. The van der Waals surface area contributed by atoms with Crippen LogP contribution in [0.25, 0.3) is 0 Å². The molecule has 0 radical (unpaired) electrons. The van der Waals surface area contributed by atoms with E-state index in [-0.39, 0.29) is 29.1 Å². The Hall–Kier alpha value is -1.63. The number of sulfone groups is 1. The molecule has 6 nitrogen and oxygen atoms in total. The smallest absolute Gasteiger partial charge is 0.267 e. The zero-order chi connectivity index (χ0) is 12.5. The molecule has 0 spiro atoms. The lowest BCUT2D eigenvalue weighted by molar-refractivity contribution is 0.0936. The van der Waals surface area contributed by atoms with Crippen molar-refractivity contribution in [2.24, 2.45) is 0 Å². The van der Waals surface area contributed by atoms with Gasteiger partial charge in [-0.2, -0.15) is 0 Å². The van der Waals surface area contributed by atoms with Crippen molar-refractivity contribution in [1.29, 1.82) is 0 Å². The summed E-state index contributed by atoms with van der Waals surface area (Å²) in [5.41, 5.74) is 0.575. The lowest BCUT2D eigenvalue weighted by Gasteiger charge is -2.09. The maximum absolute atomic E-state index is 11.7. The Balaban J connectivity index is 2.00. The molecule has 1 saturated heterocycles. The molecule has 1 fully saturated rings. The van der Waals surface area contributed by atoms with Gasteiger partial charge in [0.05, 0.1) is 17.2 Å². The molecule has 7 heteroatoms. The van der Waals surface area contributed by atoms with E-state index in [2.05, 4.69) is 10.3 Å². The second kappa shape index (κ2) is 4.33. The highest BCUT2D eigenvalue weighted by Crippen LogP contribution is 2.12. The monoisotopic (exact) mass is 256 g/mol. The number of carbonyl (C=O) groups excluding carboxylic acids is 2. The largest absolute Gasteiger partial charge is 0.348 e. The van der Waals surface area contributed by atoms with Crippen molar-refractivity contribution in [1.82, 2.24) is 10.3 Å². The van der Waals surface area contributed by atoms with Gasteiger partial charge in [0.2, 0.25) is 0 Å². The maximum Gasteiger partial charge on any atom is 0.267 e. The molecule has 1 amide bonds. The molecule has 1 aromatic heterocycles. The van der Waals surface area contributed by atoms with Crippen molar-refractivity contribution in [3.05, 3.63) is 23.5 Å². The third kappa shape index (κ3) is 2.73. The van der Waals surface area contributed by atoms with Crippen LogP contribution < -0.4 is 5.32 Å². The quantitative estimate of drug-likeness (QED) is 0.728. The first-order valence-electron chi connectivity index (χ1n) is 5.16. The summed E-state index contributed by atoms with van der Waals surface area (Å²) in [5.74, 6) is -0.289. The second-order valence-electron chi connectivity index (χ2n) is 4.02. The van der Waals surface area contributed by atoms with Crippen LogP contribution in [0.15, 0.2) is 12.1 Å². The van der Waals surface area contributed by atoms with Gasteiger partial charge in [-0.1, -0.05) is 0 Å². The second-order valence-corrected chi connectivity index (χ2v) is 6.25. The average Bonchev–Trinajstić information content (AvgIpc) is 2.85. The van der Waals surface area contributed by atoms with Crippen molar-refractivity contribution < 1.29 is 18.0 Å². The van der Waals surface area contributed by atoms with E-state index in [4.69, 9.17) is 0 Å². The van der Waals surface area contributed by atoms with Crippen LogP contribution in [0.1, 0.15) is 27.4 Å². The van der Waals surface area contributed by atoms with Gasteiger partial charge in [-0.3, -0.25) is 9.59 Å². The Kier molecular flexibility index (Phi) is 3.01. The lowest BCUT2D eigenvalue weighted by Crippen LogP contribution is -2.35. The summed E-state index contributed by atoms with van der Waals surface area (Å²) >= 11 is 0. The van der Waals surface area contributed by atoms with Gasteiger partial charge < -0.3 is 10.3 Å². The lowest BCUT2D eigenvalue weighted by atomic mass is 10.2. The molecule has 2 heterocycles. The number of carbonyl (C=O) groups is 2. The summed E-state index contributed by atoms with van der Waals surface area (Å²) < 4.78 is 22.4. The van der Waals surface area contributed by atoms with Crippen molar-refractivity contribution >= 4 is 22.0 Å². The van der Waals surface area contributed by atoms with Crippen molar-refractivity contribution in [2.75, 3.05) is 11.5 Å². The molecule has 0 saturated carbocycles. The van der Waals surface area contributed by atoms with Gasteiger partial charge in [-0.25, -0.2) is 8.42 Å². The van der Waals surface area contributed by atoms with Gasteiger partial charge in [0, 0.05) is 6.04 Å². The number of aromatic amines is 1. The molecular weight excluding hydrogens is 244 g/mol. The molecule has 0 bridgehead atoms. The van der Waals surface area contributed by atoms with E-state index in [9.17, 15) is 18.0 Å². The molecule has 2 rings (SSSR count). The zero-order valence-electron chi connectivity index (χ0n) is 8.97. The average molecular weight is 256 g/mol. The van der Waals surface area contributed by atoms with E-state index >= 15 is 0 Å². The van der Waals surface area contributed by atoms with Crippen molar-refractivity contribution in [2.45, 2.75) is 12.5 Å². The van der Waals surface area contributed by atoms with E-state index in [0.717, 1.165) is 0 Å². The van der Waals surface area contributed by atoms with Crippen LogP contribution in [0.4, 0.5) is 0 Å². The Labute approximate surface area is 98.3 Å². The van der Waals surface area contributed by atoms with Crippen LogP contribution in [0.2, 0.25) is 0 Å². The minimum Gasteiger partial charge on any atom is -0.348 e. The number of H-pyrrole nitrogens is 1. The summed E-state index contributed by atoms with van der Waals surface area (Å²) in [6.07, 6.45) is 1.05. The molecule has 1 aliphatic heterocycles. The summed E-state index contributed by atoms with van der Waals surface area (Å²) in [5, 5.41) is 2.62. The van der Waals surface area contributed by atoms with Gasteiger partial charge >= 0.3 is 0 Å². The Morgan fingerprint density at radius 2 is 2.24 bits per heavy atom. The number of aldehydes is 1. The van der Waals surface area contributed by atoms with Gasteiger partial charge in [0.25, 0.3) is 5.91 Å². The molecule has 17 heavy (non-hydrogen) atoms. The van der Waals surface area contributed by atoms with E-state index in [1.54, 1.807) is 0 Å². The first-order chi connectivity index (χ1) is 8.00. The molecule has 1 aliphatic rings. The topological polar surface area (TPSA) is 96.1 Å². The van der Waals surface area contributed by atoms with E-state index in [1.807, 2.05) is 0 Å². The van der Waals surface area contributed by atoms with Gasteiger partial charge in [-0.15, -0.1) is 0 Å². The molecule has 1 atom stereocenters. The van der Waals surface area contributed by atoms with Gasteiger partial charge in [-0.05, 0) is 18.6 Å². The minimum absolute atomic E-state index is 0.0139. The van der Waals surface area contributed by atoms with Gasteiger partial charge in [0.1, 0.15) is 5.69 Å². The first-order valence-corrected chi connectivity index (χ1v) is 6.98. The summed E-state index contributed by atoms with van der Waals surface area (Å²) in [6, 6.07) is 2.64. The fourth-order valence-electron chi connectivity index (χ4n) is 1.79. The van der Waals surface area contributed by atoms with Crippen molar-refractivity contribution in [3.63, 3.8) is 0 Å². The van der Waals surface area contributed by atoms with E-state index in [0.29, 0.717) is 18.4 Å². The third-order valence-corrected chi connectivity index (χ3v) is 4.42. The fourth-order valence-corrected chi connectivity index (χ4v) is 3.46. The molecule has 0 aliphatic carbocycles. The van der Waals surface area contributed by atoms with E-state index < -0.39 is 9.84 Å². The number of rotatable bonds is 3. The van der Waals surface area contributed by atoms with Crippen LogP contribution in [-0.2, 0) is 9.84 Å². The summed E-state index contributed by atoms with van der Waals surface area (Å²) in [4.78, 5) is 24.7. The molecule has 1 aromatic rings. The highest BCUT2D eigenvalue weighted by molar-refractivity contribution is 7.91. The molecular formula is C10H12N2O4S. The normalized spacial score (nSPS) is 22.2. The number of aromatic nitrogens is 1. The van der Waals surface area contributed by atoms with Gasteiger partial charge in [0.15, 0.2) is 16.1 Å². The summed E-state index contributed by atoms with van der Waals surface area (Å²) in [7, 11) is -3.00. The predicted molar refractivity (Wildman–Crippen MR) is 60.7 cm³/mol. The molecule has 1 unspecified atom stereocenters. The standard InChI is InChI=1S/C10H12N2O4S/c13-5-7-1-2-9(11-7)10(14)12-8-3-4-17(15,16)6-8/h1-2,5,8,11H,3-4,6H2,(H,12,14). The molecule has 0 aromatic carbocycles. The zero-order valence-corrected chi connectivity index (χ0v) is 9.79. The van der Waals surface area contributed by atoms with Crippen LogP contribution >= 0.6 is 0 Å². The number of amides is 1. The minimum atomic E-state index is -3.00. The Bertz CT molecular complexity index is 546. The highest BCUT2D eigenvalue weighted by atomic mass is 32.2. The maximum atomic E-state index is 11.7. The number of hydrogen-bond donors (Lipinski definition) is 2. The first kappa shape index (κ1) is 11.8. The van der Waals surface area contributed by atoms with E-state index in [1.165, 1.54) is 12.1 Å². The van der Waals surface area contributed by atoms with Crippen LogP contribution in [0.5, 0.6) is 0 Å². The predicted octanol–water partition coefficient (Wildman–Crippen LogP) is -0.256. The van der Waals surface area contributed by atoms with Crippen LogP contribution in [0, 0.1) is 0 Å². The van der Waals surface area contributed by atoms with Crippen LogP contribution in [0.3, 0.4) is 0 Å². The Morgan fingerprint density at radius 1 is 1.47 bits per heavy atom. The SMILES string of the molecule is O=Cc1ccc(C(=O)NC2CCS(=O)(=O)C2)[nH]1. The number of hydrogen-bond acceptors (Lipinski definition) is 4. The van der Waals surface area contributed by atoms with Crippen molar-refractivity contribution in [3.8, 4) is 0 Å². The number of nitrogens with one attached hydrogen (secondary N) is 2. The molecule has 2 N–H and O–H groups in total. The highest BCUT2D eigenvalue weighted by Gasteiger charge is 2.29. The third-order valence-electron chi connectivity index (χ3n) is 2.65. The Morgan fingerprint density at radius 3 is 2.76 bits per heavy atom. The summed E-state index contributed by atoms with van der Waals surface area (Å²) in [6.45, 7) is 0. The van der Waals surface area contributed by atoms with Crippen LogP contribution in [-0.4, -0.2) is 43.1 Å². The fraction of sp³-hybridized carbons (Fsp3) is 0.400.